The molecule has 3 rings (SSSR count). The average Bonchev–Trinajstić information content (AvgIpc) is 3.04. The molecule has 1 N–H and O–H groups in total. The highest BCUT2D eigenvalue weighted by Crippen LogP contribution is 2.34. The molecule has 1 aromatic heterocycles. The van der Waals surface area contributed by atoms with E-state index in [-0.39, 0.29) is 36.7 Å². The molecule has 2 heterocycles. The summed E-state index contributed by atoms with van der Waals surface area (Å²) in [5.41, 5.74) is 1.08. The van der Waals surface area contributed by atoms with Crippen molar-refractivity contribution in [3.63, 3.8) is 0 Å². The third-order valence-electron chi connectivity index (χ3n) is 3.82. The molecule has 2 aromatic rings. The molecule has 0 aliphatic carbocycles. The van der Waals surface area contributed by atoms with Gasteiger partial charge in [0.2, 0.25) is 0 Å². The Hall–Kier alpha value is -0.850. The maximum atomic E-state index is 13.7. The zero-order chi connectivity index (χ0) is 14.7. The van der Waals surface area contributed by atoms with E-state index in [0.29, 0.717) is 5.75 Å². The molecular weight excluding hydrogens is 358 g/mol. The van der Waals surface area contributed by atoms with Gasteiger partial charge in [-0.25, -0.2) is 4.39 Å². The van der Waals surface area contributed by atoms with Crippen molar-refractivity contribution in [2.45, 2.75) is 6.04 Å². The summed E-state index contributed by atoms with van der Waals surface area (Å²) in [4.78, 5) is 3.72. The van der Waals surface area contributed by atoms with Crippen molar-refractivity contribution in [3.8, 4) is 5.75 Å². The molecule has 1 aromatic carbocycles. The number of hydrogen-bond acceptors (Lipinski definition) is 4. The van der Waals surface area contributed by atoms with Crippen LogP contribution in [-0.2, 0) is 0 Å². The highest BCUT2D eigenvalue weighted by molar-refractivity contribution is 7.10. The lowest BCUT2D eigenvalue weighted by molar-refractivity contribution is 0.200. The molecule has 23 heavy (non-hydrogen) atoms. The molecule has 1 fully saturated rings. The van der Waals surface area contributed by atoms with Crippen molar-refractivity contribution in [2.75, 3.05) is 33.3 Å². The number of halogens is 3. The highest BCUT2D eigenvalue weighted by Gasteiger charge is 2.25. The summed E-state index contributed by atoms with van der Waals surface area (Å²) >= 11 is 1.74. The Balaban J connectivity index is 0.00000132. The van der Waals surface area contributed by atoms with Crippen LogP contribution in [0.5, 0.6) is 5.75 Å². The number of piperazine rings is 1. The van der Waals surface area contributed by atoms with Crippen LogP contribution in [-0.4, -0.2) is 38.2 Å². The third-order valence-corrected chi connectivity index (χ3v) is 4.75. The highest BCUT2D eigenvalue weighted by atomic mass is 35.5. The SMILES string of the molecule is COc1cc([C@@H](c2cccs2)N2CCNCC2)ccc1F.Cl.Cl. The summed E-state index contributed by atoms with van der Waals surface area (Å²) in [7, 11) is 1.51. The number of benzene rings is 1. The van der Waals surface area contributed by atoms with Gasteiger partial charge in [-0.15, -0.1) is 36.2 Å². The van der Waals surface area contributed by atoms with Crippen molar-refractivity contribution < 1.29 is 9.13 Å². The minimum atomic E-state index is -0.313. The van der Waals surface area contributed by atoms with E-state index >= 15 is 0 Å². The van der Waals surface area contributed by atoms with E-state index in [9.17, 15) is 4.39 Å². The molecule has 0 bridgehead atoms. The lowest BCUT2D eigenvalue weighted by Gasteiger charge is -2.34. The zero-order valence-electron chi connectivity index (χ0n) is 12.8. The fourth-order valence-corrected chi connectivity index (χ4v) is 3.67. The van der Waals surface area contributed by atoms with E-state index in [2.05, 4.69) is 27.7 Å². The van der Waals surface area contributed by atoms with Crippen LogP contribution in [0.4, 0.5) is 4.39 Å². The number of methoxy groups -OCH3 is 1. The van der Waals surface area contributed by atoms with Gasteiger partial charge in [-0.2, -0.15) is 0 Å². The Kier molecular flexibility index (Phi) is 8.29. The van der Waals surface area contributed by atoms with Crippen molar-refractivity contribution in [2.24, 2.45) is 0 Å². The van der Waals surface area contributed by atoms with Gasteiger partial charge >= 0.3 is 0 Å². The Labute approximate surface area is 152 Å². The van der Waals surface area contributed by atoms with Crippen molar-refractivity contribution in [3.05, 3.63) is 52.0 Å². The van der Waals surface area contributed by atoms with Gasteiger partial charge < -0.3 is 10.1 Å². The predicted molar refractivity (Wildman–Crippen MR) is 98.1 cm³/mol. The molecule has 1 saturated heterocycles. The van der Waals surface area contributed by atoms with Crippen LogP contribution < -0.4 is 10.1 Å². The van der Waals surface area contributed by atoms with Crippen LogP contribution >= 0.6 is 36.2 Å². The van der Waals surface area contributed by atoms with E-state index in [1.807, 2.05) is 12.1 Å². The second-order valence-corrected chi connectivity index (χ2v) is 6.08. The first-order chi connectivity index (χ1) is 10.3. The van der Waals surface area contributed by atoms with E-state index in [4.69, 9.17) is 4.74 Å². The van der Waals surface area contributed by atoms with Crippen molar-refractivity contribution in [1.82, 2.24) is 10.2 Å². The van der Waals surface area contributed by atoms with Gasteiger partial charge in [0.05, 0.1) is 13.2 Å². The fraction of sp³-hybridized carbons (Fsp3) is 0.375. The Morgan fingerprint density at radius 2 is 1.96 bits per heavy atom. The van der Waals surface area contributed by atoms with Gasteiger partial charge in [0.15, 0.2) is 11.6 Å². The molecule has 3 nitrogen and oxygen atoms in total. The molecule has 0 unspecified atom stereocenters. The average molecular weight is 379 g/mol. The summed E-state index contributed by atoms with van der Waals surface area (Å²) < 4.78 is 18.8. The van der Waals surface area contributed by atoms with Crippen LogP contribution in [0.1, 0.15) is 16.5 Å². The molecule has 1 atom stereocenters. The number of hydrogen-bond donors (Lipinski definition) is 1. The van der Waals surface area contributed by atoms with Gasteiger partial charge in [-0.3, -0.25) is 4.90 Å². The summed E-state index contributed by atoms with van der Waals surface area (Å²) in [6, 6.07) is 9.56. The number of nitrogens with one attached hydrogen (secondary N) is 1. The Morgan fingerprint density at radius 1 is 1.22 bits per heavy atom. The largest absolute Gasteiger partial charge is 0.494 e. The summed E-state index contributed by atoms with van der Waals surface area (Å²) in [5.74, 6) is -0.00400. The molecule has 0 radical (unpaired) electrons. The van der Waals surface area contributed by atoms with Crippen molar-refractivity contribution in [1.29, 1.82) is 0 Å². The van der Waals surface area contributed by atoms with Crippen LogP contribution in [0.3, 0.4) is 0 Å². The van der Waals surface area contributed by atoms with Crippen LogP contribution in [0.15, 0.2) is 35.7 Å². The smallest absolute Gasteiger partial charge is 0.165 e. The van der Waals surface area contributed by atoms with Gasteiger partial charge in [-0.1, -0.05) is 12.1 Å². The minimum absolute atomic E-state index is 0. The number of rotatable bonds is 4. The maximum Gasteiger partial charge on any atom is 0.165 e. The van der Waals surface area contributed by atoms with Crippen LogP contribution in [0.2, 0.25) is 0 Å². The molecule has 1 aliphatic rings. The third kappa shape index (κ3) is 4.58. The number of ether oxygens (including phenoxy) is 1. The van der Waals surface area contributed by atoms with E-state index in [1.54, 1.807) is 11.3 Å². The zero-order valence-corrected chi connectivity index (χ0v) is 15.3. The van der Waals surface area contributed by atoms with Gasteiger partial charge in [0.1, 0.15) is 0 Å². The van der Waals surface area contributed by atoms with E-state index in [0.717, 1.165) is 31.7 Å². The van der Waals surface area contributed by atoms with Gasteiger partial charge in [0.25, 0.3) is 0 Å². The topological polar surface area (TPSA) is 24.5 Å². The second-order valence-electron chi connectivity index (χ2n) is 5.10. The normalized spacial score (nSPS) is 16.1. The molecule has 128 valence electrons. The summed E-state index contributed by atoms with van der Waals surface area (Å²) in [6.45, 7) is 3.95. The number of thiophene rings is 1. The van der Waals surface area contributed by atoms with Crippen LogP contribution in [0.25, 0.3) is 0 Å². The first kappa shape index (κ1) is 20.2. The van der Waals surface area contributed by atoms with Crippen LogP contribution in [0, 0.1) is 5.82 Å². The van der Waals surface area contributed by atoms with Gasteiger partial charge in [0, 0.05) is 31.1 Å². The quantitative estimate of drug-likeness (QED) is 0.876. The molecule has 1 aliphatic heterocycles. The molecule has 0 saturated carbocycles. The van der Waals surface area contributed by atoms with E-state index < -0.39 is 0 Å². The van der Waals surface area contributed by atoms with Crippen molar-refractivity contribution >= 4 is 36.2 Å². The Bertz CT molecular complexity index is 592. The first-order valence-corrected chi connectivity index (χ1v) is 7.99. The standard InChI is InChI=1S/C16H19FN2OS.2ClH/c1-20-14-11-12(4-5-13(14)17)16(15-3-2-10-21-15)19-8-6-18-7-9-19;;/h2-5,10-11,16,18H,6-9H2,1H3;2*1H/t16-;;/m0../s1. The molecule has 0 spiro atoms. The molecule has 7 heteroatoms. The van der Waals surface area contributed by atoms with Gasteiger partial charge in [-0.05, 0) is 29.1 Å². The lowest BCUT2D eigenvalue weighted by Crippen LogP contribution is -2.45. The molecular formula is C16H21Cl2FN2OS. The summed E-state index contributed by atoms with van der Waals surface area (Å²) in [5, 5.41) is 5.46. The first-order valence-electron chi connectivity index (χ1n) is 7.11. The monoisotopic (exact) mass is 378 g/mol. The predicted octanol–water partition coefficient (Wildman–Crippen LogP) is 3.73. The lowest BCUT2D eigenvalue weighted by atomic mass is 10.0. The fourth-order valence-electron chi connectivity index (χ4n) is 2.79. The Morgan fingerprint density at radius 3 is 2.57 bits per heavy atom. The summed E-state index contributed by atoms with van der Waals surface area (Å²) in [6.07, 6.45) is 0. The second kappa shape index (κ2) is 9.45. The minimum Gasteiger partial charge on any atom is -0.494 e. The maximum absolute atomic E-state index is 13.7. The molecule has 0 amide bonds. The number of nitrogens with zero attached hydrogens (tertiary/aromatic N) is 1. The van der Waals surface area contributed by atoms with E-state index in [1.165, 1.54) is 18.1 Å².